The Morgan fingerprint density at radius 2 is 1.41 bits per heavy atom. The maximum Gasteiger partial charge on any atom is 0.253 e. The second kappa shape index (κ2) is 12.9. The number of aliphatic hydroxyl groups excluding tert-OH is 4. The molecule has 32 heavy (non-hydrogen) atoms. The number of carbonyl (C=O) groups is 3. The van der Waals surface area contributed by atoms with E-state index in [2.05, 4.69) is 10.6 Å². The Kier molecular flexibility index (Phi) is 11.2. The molecule has 1 aromatic rings. The summed E-state index contributed by atoms with van der Waals surface area (Å²) < 4.78 is 6.38. The van der Waals surface area contributed by atoms with Crippen LogP contribution in [0.4, 0.5) is 5.69 Å². The highest BCUT2D eigenvalue weighted by Crippen LogP contribution is 2.38. The van der Waals surface area contributed by atoms with E-state index in [0.29, 0.717) is 23.0 Å². The van der Waals surface area contributed by atoms with Gasteiger partial charge in [-0.2, -0.15) is 0 Å². The first-order valence-electron chi connectivity index (χ1n) is 9.36. The van der Waals surface area contributed by atoms with E-state index in [1.165, 1.54) is 4.90 Å². The molecule has 0 bridgehead atoms. The quantitative estimate of drug-likeness (QED) is 0.174. The Morgan fingerprint density at radius 1 is 0.938 bits per heavy atom. The minimum atomic E-state index is -1.15. The van der Waals surface area contributed by atoms with Gasteiger partial charge < -0.3 is 40.7 Å². The van der Waals surface area contributed by atoms with Crippen LogP contribution in [-0.4, -0.2) is 96.4 Å². The lowest BCUT2D eigenvalue weighted by atomic mass is 10.1. The largest absolute Gasteiger partial charge is 0.394 e. The van der Waals surface area contributed by atoms with Gasteiger partial charge in [-0.05, 0) is 67.8 Å². The van der Waals surface area contributed by atoms with E-state index in [1.54, 1.807) is 0 Å². The normalized spacial score (nSPS) is 16.0. The number of ether oxygens (including phenoxy) is 1. The van der Waals surface area contributed by atoms with Gasteiger partial charge in [0.05, 0.1) is 56.0 Å². The van der Waals surface area contributed by atoms with Crippen LogP contribution in [0.5, 0.6) is 0 Å². The molecule has 11 nitrogen and oxygen atoms in total. The molecule has 178 valence electrons. The van der Waals surface area contributed by atoms with Crippen LogP contribution in [0.2, 0.25) is 0 Å². The van der Waals surface area contributed by atoms with Gasteiger partial charge in [-0.15, -0.1) is 0 Å². The molecule has 1 aliphatic rings. The topological polar surface area (TPSA) is 169 Å². The lowest BCUT2D eigenvalue weighted by Gasteiger charge is -2.30. The fourth-order valence-electron chi connectivity index (χ4n) is 2.77. The zero-order chi connectivity index (χ0) is 24.0. The maximum absolute atomic E-state index is 13.0. The fourth-order valence-corrected chi connectivity index (χ4v) is 7.50. The van der Waals surface area contributed by atoms with Gasteiger partial charge in [0.25, 0.3) is 17.7 Å². The Bertz CT molecular complexity index is 833. The third-order valence-electron chi connectivity index (χ3n) is 4.42. The summed E-state index contributed by atoms with van der Waals surface area (Å²) in [5, 5.41) is 42.2. The van der Waals surface area contributed by atoms with E-state index in [1.807, 2.05) is 67.8 Å². The molecule has 2 unspecified atom stereocenters. The molecule has 0 saturated carbocycles. The monoisotopic (exact) mass is 789 g/mol. The molecule has 0 aromatic heterocycles. The zero-order valence-electron chi connectivity index (χ0n) is 16.6. The zero-order valence-corrected chi connectivity index (χ0v) is 23.1. The van der Waals surface area contributed by atoms with Gasteiger partial charge in [-0.25, -0.2) is 0 Å². The lowest BCUT2D eigenvalue weighted by molar-refractivity contribution is -0.125. The number of carbonyl (C=O) groups excluding carboxylic acids is 3. The van der Waals surface area contributed by atoms with Crippen LogP contribution in [0.15, 0.2) is 0 Å². The van der Waals surface area contributed by atoms with Crippen molar-refractivity contribution in [2.45, 2.75) is 12.2 Å². The standard InChI is InChI=1S/C18H22I3N3O8/c19-13-11(17(30)22-3-8(27)5-25)14(20)16(24-1-2-32-7-10(24)29)15(21)12(13)18(31)23-4-9(28)6-26/h8-9,25-28H,1-7H2,(H,22,30)(H,23,31). The molecule has 0 aliphatic carbocycles. The molecule has 14 heteroatoms. The summed E-state index contributed by atoms with van der Waals surface area (Å²) in [7, 11) is 0. The van der Waals surface area contributed by atoms with Crippen LogP contribution in [0.1, 0.15) is 20.7 Å². The smallest absolute Gasteiger partial charge is 0.253 e. The van der Waals surface area contributed by atoms with Crippen LogP contribution in [0.25, 0.3) is 0 Å². The maximum atomic E-state index is 13.0. The van der Waals surface area contributed by atoms with Crippen LogP contribution >= 0.6 is 67.8 Å². The molecule has 3 amide bonds. The van der Waals surface area contributed by atoms with E-state index in [9.17, 15) is 24.6 Å². The van der Waals surface area contributed by atoms with Crippen molar-refractivity contribution in [2.75, 3.05) is 51.0 Å². The first kappa shape index (κ1) is 27.9. The Balaban J connectivity index is 2.58. The number of hydrogen-bond donors (Lipinski definition) is 6. The van der Waals surface area contributed by atoms with E-state index in [-0.39, 0.29) is 43.3 Å². The number of benzene rings is 1. The molecule has 1 fully saturated rings. The number of rotatable bonds is 9. The first-order valence-corrected chi connectivity index (χ1v) is 12.6. The molecule has 6 N–H and O–H groups in total. The van der Waals surface area contributed by atoms with E-state index in [0.717, 1.165) is 0 Å². The SMILES string of the molecule is O=C(NCC(O)CO)c1c(I)c(C(=O)NCC(O)CO)c(I)c(N2CCOCC2=O)c1I. The highest BCUT2D eigenvalue weighted by molar-refractivity contribution is 14.1. The van der Waals surface area contributed by atoms with Crippen molar-refractivity contribution in [3.05, 3.63) is 21.8 Å². The number of nitrogens with zero attached hydrogens (tertiary/aromatic N) is 1. The van der Waals surface area contributed by atoms with Crippen molar-refractivity contribution in [1.29, 1.82) is 0 Å². The third kappa shape index (κ3) is 6.60. The van der Waals surface area contributed by atoms with Crippen LogP contribution < -0.4 is 15.5 Å². The summed E-state index contributed by atoms with van der Waals surface area (Å²) in [6.07, 6.45) is -2.30. The number of anilines is 1. The molecule has 2 rings (SSSR count). The first-order chi connectivity index (χ1) is 15.1. The minimum absolute atomic E-state index is 0.132. The molecule has 1 aliphatic heterocycles. The number of amides is 3. The van der Waals surface area contributed by atoms with Crippen molar-refractivity contribution in [3.8, 4) is 0 Å². The lowest BCUT2D eigenvalue weighted by Crippen LogP contribution is -2.44. The van der Waals surface area contributed by atoms with Crippen LogP contribution in [0, 0.1) is 10.7 Å². The number of aliphatic hydroxyl groups is 4. The molecule has 2 atom stereocenters. The van der Waals surface area contributed by atoms with Crippen LogP contribution in [0.3, 0.4) is 0 Å². The average Bonchev–Trinajstić information content (AvgIpc) is 2.76. The Hall–Kier alpha value is -0.380. The summed E-state index contributed by atoms with van der Waals surface area (Å²) in [4.78, 5) is 39.9. The minimum Gasteiger partial charge on any atom is -0.394 e. The molecule has 1 heterocycles. The number of halogens is 3. The van der Waals surface area contributed by atoms with Gasteiger partial charge in [-0.3, -0.25) is 14.4 Å². The van der Waals surface area contributed by atoms with Crippen molar-refractivity contribution < 1.29 is 39.5 Å². The summed E-state index contributed by atoms with van der Waals surface area (Å²) in [5.41, 5.74) is 0.665. The highest BCUT2D eigenvalue weighted by Gasteiger charge is 2.33. The number of morpholine rings is 1. The van der Waals surface area contributed by atoms with Gasteiger partial charge in [0.1, 0.15) is 6.61 Å². The highest BCUT2D eigenvalue weighted by atomic mass is 127. The second-order valence-corrected chi connectivity index (χ2v) is 9.97. The fraction of sp³-hybridized carbons (Fsp3) is 0.500. The van der Waals surface area contributed by atoms with Crippen molar-refractivity contribution >= 4 is 91.2 Å². The van der Waals surface area contributed by atoms with Gasteiger partial charge >= 0.3 is 0 Å². The summed E-state index contributed by atoms with van der Waals surface area (Å²) in [6, 6.07) is 0. The van der Waals surface area contributed by atoms with Crippen LogP contribution in [-0.2, 0) is 9.53 Å². The van der Waals surface area contributed by atoms with Gasteiger partial charge in [0.15, 0.2) is 0 Å². The van der Waals surface area contributed by atoms with Crippen molar-refractivity contribution in [1.82, 2.24) is 10.6 Å². The second-order valence-electron chi connectivity index (χ2n) is 6.73. The summed E-state index contributed by atoms with van der Waals surface area (Å²) >= 11 is 5.75. The molecule has 0 radical (unpaired) electrons. The van der Waals surface area contributed by atoms with Crippen molar-refractivity contribution in [2.24, 2.45) is 0 Å². The third-order valence-corrected chi connectivity index (χ3v) is 7.60. The summed E-state index contributed by atoms with van der Waals surface area (Å²) in [5.74, 6) is -1.50. The number of hydrogen-bond acceptors (Lipinski definition) is 8. The van der Waals surface area contributed by atoms with E-state index >= 15 is 0 Å². The Labute approximate surface area is 224 Å². The van der Waals surface area contributed by atoms with E-state index < -0.39 is 37.2 Å². The van der Waals surface area contributed by atoms with Gasteiger partial charge in [0.2, 0.25) is 0 Å². The molecule has 1 aromatic carbocycles. The molecular formula is C18H22I3N3O8. The number of nitrogens with one attached hydrogen (secondary N) is 2. The predicted molar refractivity (Wildman–Crippen MR) is 139 cm³/mol. The van der Waals surface area contributed by atoms with Crippen molar-refractivity contribution in [3.63, 3.8) is 0 Å². The van der Waals surface area contributed by atoms with Gasteiger partial charge in [0, 0.05) is 23.2 Å². The summed E-state index contributed by atoms with van der Waals surface area (Å²) in [6.45, 7) is -1.08. The molecule has 0 spiro atoms. The average molecular weight is 789 g/mol. The predicted octanol–water partition coefficient (Wildman–Crippen LogP) is -0.970. The molecular weight excluding hydrogens is 767 g/mol. The van der Waals surface area contributed by atoms with Gasteiger partial charge in [-0.1, -0.05) is 0 Å². The molecule has 1 saturated heterocycles. The van der Waals surface area contributed by atoms with E-state index in [4.69, 9.17) is 14.9 Å². The Morgan fingerprint density at radius 3 is 1.81 bits per heavy atom.